The zero-order chi connectivity index (χ0) is 14.8. The fraction of sp³-hybridized carbons (Fsp3) is 0.467. The van der Waals surface area contributed by atoms with Crippen LogP contribution in [0, 0.1) is 5.41 Å². The van der Waals surface area contributed by atoms with Crippen LogP contribution in [0.5, 0.6) is 0 Å². The van der Waals surface area contributed by atoms with Gasteiger partial charge in [0.1, 0.15) is 0 Å². The molecule has 0 bridgehead atoms. The van der Waals surface area contributed by atoms with E-state index in [0.29, 0.717) is 17.3 Å². The van der Waals surface area contributed by atoms with Crippen LogP contribution in [0.3, 0.4) is 0 Å². The minimum Gasteiger partial charge on any atom is -0.349 e. The summed E-state index contributed by atoms with van der Waals surface area (Å²) in [7, 11) is 0. The van der Waals surface area contributed by atoms with E-state index < -0.39 is 5.41 Å². The molecule has 0 radical (unpaired) electrons. The Morgan fingerprint density at radius 2 is 1.85 bits per heavy atom. The Labute approximate surface area is 123 Å². The van der Waals surface area contributed by atoms with Gasteiger partial charge >= 0.3 is 0 Å². The van der Waals surface area contributed by atoms with Gasteiger partial charge in [-0.15, -0.1) is 11.6 Å². The molecular weight excluding hydrogens is 276 g/mol. The number of carbonyl (C=O) groups excluding carboxylic acids is 2. The maximum atomic E-state index is 12.0. The highest BCUT2D eigenvalue weighted by Gasteiger charge is 2.26. The van der Waals surface area contributed by atoms with Crippen LogP contribution in [0.15, 0.2) is 24.3 Å². The van der Waals surface area contributed by atoms with Crippen molar-refractivity contribution in [1.29, 1.82) is 0 Å². The first kappa shape index (κ1) is 14.9. The van der Waals surface area contributed by atoms with Crippen molar-refractivity contribution in [3.05, 3.63) is 29.8 Å². The monoisotopic (exact) mass is 294 g/mol. The van der Waals surface area contributed by atoms with Crippen molar-refractivity contribution in [3.8, 4) is 0 Å². The number of benzene rings is 1. The molecule has 0 saturated heterocycles. The molecule has 1 aliphatic carbocycles. The first-order valence-corrected chi connectivity index (χ1v) is 7.24. The molecule has 2 rings (SSSR count). The third-order valence-electron chi connectivity index (χ3n) is 3.27. The maximum absolute atomic E-state index is 12.0. The van der Waals surface area contributed by atoms with Gasteiger partial charge in [-0.25, -0.2) is 0 Å². The quantitative estimate of drug-likeness (QED) is 0.821. The summed E-state index contributed by atoms with van der Waals surface area (Å²) < 4.78 is 0. The second kappa shape index (κ2) is 5.83. The minimum atomic E-state index is -0.621. The average molecular weight is 295 g/mol. The van der Waals surface area contributed by atoms with Crippen molar-refractivity contribution in [3.63, 3.8) is 0 Å². The highest BCUT2D eigenvalue weighted by atomic mass is 35.5. The van der Waals surface area contributed by atoms with Gasteiger partial charge in [-0.05, 0) is 51.0 Å². The van der Waals surface area contributed by atoms with E-state index in [-0.39, 0.29) is 17.7 Å². The summed E-state index contributed by atoms with van der Waals surface area (Å²) in [6, 6.07) is 7.21. The first-order valence-electron chi connectivity index (χ1n) is 6.71. The summed E-state index contributed by atoms with van der Waals surface area (Å²) in [5.41, 5.74) is 0.645. The summed E-state index contributed by atoms with van der Waals surface area (Å²) in [6.07, 6.45) is 2.13. The van der Waals surface area contributed by atoms with Gasteiger partial charge in [0.15, 0.2) is 0 Å². The Hall–Kier alpha value is -1.55. The first-order chi connectivity index (χ1) is 9.42. The van der Waals surface area contributed by atoms with Gasteiger partial charge in [0, 0.05) is 23.2 Å². The molecule has 1 aromatic carbocycles. The van der Waals surface area contributed by atoms with Gasteiger partial charge in [0.05, 0.1) is 5.41 Å². The summed E-state index contributed by atoms with van der Waals surface area (Å²) >= 11 is 5.76. The molecule has 0 spiro atoms. The molecule has 108 valence electrons. The van der Waals surface area contributed by atoms with Crippen LogP contribution < -0.4 is 10.6 Å². The maximum Gasteiger partial charge on any atom is 0.251 e. The molecule has 1 aliphatic rings. The Bertz CT molecular complexity index is 507. The molecule has 0 unspecified atom stereocenters. The number of carbonyl (C=O) groups is 2. The van der Waals surface area contributed by atoms with Crippen molar-refractivity contribution in [2.24, 2.45) is 5.41 Å². The second-order valence-electron chi connectivity index (χ2n) is 5.80. The Balaban J connectivity index is 1.97. The number of hydrogen-bond donors (Lipinski definition) is 2. The molecule has 0 heterocycles. The largest absolute Gasteiger partial charge is 0.349 e. The van der Waals surface area contributed by atoms with E-state index >= 15 is 0 Å². The summed E-state index contributed by atoms with van der Waals surface area (Å²) in [4.78, 5) is 23.8. The number of hydrogen-bond acceptors (Lipinski definition) is 2. The van der Waals surface area contributed by atoms with Crippen LogP contribution in [-0.4, -0.2) is 23.7 Å². The molecule has 1 fully saturated rings. The number of halogens is 1. The van der Waals surface area contributed by atoms with E-state index in [2.05, 4.69) is 10.6 Å². The van der Waals surface area contributed by atoms with E-state index in [9.17, 15) is 9.59 Å². The lowest BCUT2D eigenvalue weighted by Crippen LogP contribution is -2.32. The predicted molar refractivity (Wildman–Crippen MR) is 80.1 cm³/mol. The van der Waals surface area contributed by atoms with Crippen molar-refractivity contribution in [2.45, 2.75) is 32.7 Å². The fourth-order valence-corrected chi connectivity index (χ4v) is 1.68. The van der Waals surface area contributed by atoms with Crippen molar-refractivity contribution < 1.29 is 9.59 Å². The Morgan fingerprint density at radius 3 is 2.35 bits per heavy atom. The lowest BCUT2D eigenvalue weighted by atomic mass is 9.95. The third kappa shape index (κ3) is 3.73. The Kier molecular flexibility index (Phi) is 4.33. The Morgan fingerprint density at radius 1 is 1.25 bits per heavy atom. The minimum absolute atomic E-state index is 0.0635. The normalized spacial score (nSPS) is 14.8. The SMILES string of the molecule is CC(C)(CCl)C(=O)Nc1ccc(C(=O)NC2CC2)cc1. The number of anilines is 1. The van der Waals surface area contributed by atoms with Crippen molar-refractivity contribution in [1.82, 2.24) is 5.32 Å². The van der Waals surface area contributed by atoms with Gasteiger partial charge in [-0.3, -0.25) is 9.59 Å². The number of alkyl halides is 1. The summed E-state index contributed by atoms with van der Waals surface area (Å²) in [6.45, 7) is 3.57. The number of nitrogens with one attached hydrogen (secondary N) is 2. The second-order valence-corrected chi connectivity index (χ2v) is 6.06. The molecule has 0 aromatic heterocycles. The van der Waals surface area contributed by atoms with Crippen LogP contribution in [0.25, 0.3) is 0 Å². The van der Waals surface area contributed by atoms with E-state index in [1.807, 2.05) is 0 Å². The van der Waals surface area contributed by atoms with Gasteiger partial charge in [-0.2, -0.15) is 0 Å². The lowest BCUT2D eigenvalue weighted by molar-refractivity contribution is -0.122. The van der Waals surface area contributed by atoms with E-state index in [0.717, 1.165) is 12.8 Å². The smallest absolute Gasteiger partial charge is 0.251 e. The highest BCUT2D eigenvalue weighted by Crippen LogP contribution is 2.21. The average Bonchev–Trinajstić information content (AvgIpc) is 3.23. The standard InChI is InChI=1S/C15H19ClN2O2/c1-15(2,9-16)14(20)18-12-5-3-10(4-6-12)13(19)17-11-7-8-11/h3-6,11H,7-9H2,1-2H3,(H,17,19)(H,18,20). The van der Waals surface area contributed by atoms with Gasteiger partial charge in [0.2, 0.25) is 5.91 Å². The topological polar surface area (TPSA) is 58.2 Å². The van der Waals surface area contributed by atoms with Gasteiger partial charge in [0.25, 0.3) is 5.91 Å². The molecule has 20 heavy (non-hydrogen) atoms. The zero-order valence-corrected chi connectivity index (χ0v) is 12.5. The van der Waals surface area contributed by atoms with Crippen molar-refractivity contribution >= 4 is 29.1 Å². The zero-order valence-electron chi connectivity index (χ0n) is 11.7. The predicted octanol–water partition coefficient (Wildman–Crippen LogP) is 2.78. The molecule has 2 N–H and O–H groups in total. The van der Waals surface area contributed by atoms with E-state index in [1.54, 1.807) is 38.1 Å². The molecule has 0 atom stereocenters. The molecule has 2 amide bonds. The van der Waals surface area contributed by atoms with E-state index in [4.69, 9.17) is 11.6 Å². The van der Waals surface area contributed by atoms with Gasteiger partial charge in [-0.1, -0.05) is 0 Å². The summed E-state index contributed by atoms with van der Waals surface area (Å²) in [5.74, 6) is 0.0508. The highest BCUT2D eigenvalue weighted by molar-refractivity contribution is 6.20. The third-order valence-corrected chi connectivity index (χ3v) is 3.93. The molecule has 4 nitrogen and oxygen atoms in total. The van der Waals surface area contributed by atoms with Crippen LogP contribution in [0.4, 0.5) is 5.69 Å². The number of amides is 2. The molecule has 0 aliphatic heterocycles. The number of rotatable bonds is 5. The van der Waals surface area contributed by atoms with E-state index in [1.165, 1.54) is 0 Å². The molecular formula is C15H19ClN2O2. The molecule has 5 heteroatoms. The van der Waals surface area contributed by atoms with Crippen LogP contribution >= 0.6 is 11.6 Å². The van der Waals surface area contributed by atoms with Gasteiger partial charge < -0.3 is 10.6 Å². The summed E-state index contributed by atoms with van der Waals surface area (Å²) in [5, 5.41) is 5.72. The van der Waals surface area contributed by atoms with Crippen LogP contribution in [-0.2, 0) is 4.79 Å². The van der Waals surface area contributed by atoms with Crippen LogP contribution in [0.2, 0.25) is 0 Å². The molecule has 1 saturated carbocycles. The van der Waals surface area contributed by atoms with Crippen molar-refractivity contribution in [2.75, 3.05) is 11.2 Å². The van der Waals surface area contributed by atoms with Crippen LogP contribution in [0.1, 0.15) is 37.0 Å². The lowest BCUT2D eigenvalue weighted by Gasteiger charge is -2.20. The molecule has 1 aromatic rings. The fourth-order valence-electron chi connectivity index (χ4n) is 1.56.